The Morgan fingerprint density at radius 3 is 2.65 bits per heavy atom. The molecule has 0 bridgehead atoms. The van der Waals surface area contributed by atoms with Crippen LogP contribution in [0.15, 0.2) is 79.0 Å². The van der Waals surface area contributed by atoms with Gasteiger partial charge in [0.15, 0.2) is 5.65 Å². The fourth-order valence-electron chi connectivity index (χ4n) is 3.40. The summed E-state index contributed by atoms with van der Waals surface area (Å²) < 4.78 is 1.60. The van der Waals surface area contributed by atoms with Crippen molar-refractivity contribution < 1.29 is 9.72 Å². The van der Waals surface area contributed by atoms with Gasteiger partial charge >= 0.3 is 0 Å². The van der Waals surface area contributed by atoms with Crippen molar-refractivity contribution in [3.8, 4) is 22.8 Å². The molecule has 34 heavy (non-hydrogen) atoms. The van der Waals surface area contributed by atoms with Gasteiger partial charge in [0, 0.05) is 28.5 Å². The SMILES string of the molecule is O=C(Nc1cccc(-c2ccc3nnc(-c4ccccn4)n3n2)c1)c1cc(Cl)ccc1[N+](=O)[O-]. The zero-order valence-electron chi connectivity index (χ0n) is 17.3. The summed E-state index contributed by atoms with van der Waals surface area (Å²) in [7, 11) is 0. The van der Waals surface area contributed by atoms with Gasteiger partial charge in [-0.2, -0.15) is 9.61 Å². The van der Waals surface area contributed by atoms with E-state index in [4.69, 9.17) is 11.6 Å². The number of benzene rings is 2. The third-order valence-corrected chi connectivity index (χ3v) is 5.21. The Kier molecular flexibility index (Phi) is 5.40. The van der Waals surface area contributed by atoms with Gasteiger partial charge < -0.3 is 5.32 Å². The highest BCUT2D eigenvalue weighted by Gasteiger charge is 2.21. The third kappa shape index (κ3) is 4.05. The minimum Gasteiger partial charge on any atom is -0.322 e. The molecule has 0 aliphatic carbocycles. The summed E-state index contributed by atoms with van der Waals surface area (Å²) in [5.74, 6) is -0.152. The molecule has 1 N–H and O–H groups in total. The molecular weight excluding hydrogens is 458 g/mol. The van der Waals surface area contributed by atoms with E-state index in [1.54, 1.807) is 41.0 Å². The van der Waals surface area contributed by atoms with E-state index in [2.05, 4.69) is 25.6 Å². The van der Waals surface area contributed by atoms with Crippen molar-refractivity contribution >= 4 is 34.5 Å². The molecule has 0 radical (unpaired) electrons. The van der Waals surface area contributed by atoms with Gasteiger partial charge in [-0.3, -0.25) is 19.9 Å². The Morgan fingerprint density at radius 2 is 1.85 bits per heavy atom. The van der Waals surface area contributed by atoms with E-state index in [9.17, 15) is 14.9 Å². The number of hydrogen-bond donors (Lipinski definition) is 1. The van der Waals surface area contributed by atoms with Crippen molar-refractivity contribution in [3.63, 3.8) is 0 Å². The van der Waals surface area contributed by atoms with Gasteiger partial charge in [0.2, 0.25) is 5.82 Å². The molecule has 5 aromatic rings. The van der Waals surface area contributed by atoms with Crippen LogP contribution in [0.4, 0.5) is 11.4 Å². The number of carbonyl (C=O) groups excluding carboxylic acids is 1. The molecule has 0 aliphatic rings. The van der Waals surface area contributed by atoms with Crippen LogP contribution in [-0.4, -0.2) is 35.6 Å². The van der Waals surface area contributed by atoms with E-state index in [1.807, 2.05) is 24.3 Å². The zero-order valence-corrected chi connectivity index (χ0v) is 18.0. The van der Waals surface area contributed by atoms with Crippen molar-refractivity contribution in [1.82, 2.24) is 24.8 Å². The van der Waals surface area contributed by atoms with Crippen LogP contribution < -0.4 is 5.32 Å². The summed E-state index contributed by atoms with van der Waals surface area (Å²) in [5.41, 5.74) is 2.47. The number of halogens is 1. The fourth-order valence-corrected chi connectivity index (χ4v) is 3.57. The quantitative estimate of drug-likeness (QED) is 0.291. The number of nitrogens with one attached hydrogen (secondary N) is 1. The lowest BCUT2D eigenvalue weighted by molar-refractivity contribution is -0.385. The molecule has 2 aromatic carbocycles. The van der Waals surface area contributed by atoms with E-state index in [1.165, 1.54) is 18.2 Å². The molecule has 0 saturated heterocycles. The molecule has 10 nitrogen and oxygen atoms in total. The molecule has 11 heteroatoms. The smallest absolute Gasteiger partial charge is 0.282 e. The molecule has 0 saturated carbocycles. The predicted octanol–water partition coefficient (Wildman–Crippen LogP) is 4.67. The van der Waals surface area contributed by atoms with Crippen molar-refractivity contribution in [2.75, 3.05) is 5.32 Å². The van der Waals surface area contributed by atoms with Gasteiger partial charge in [-0.25, -0.2) is 0 Å². The average molecular weight is 472 g/mol. The van der Waals surface area contributed by atoms with Crippen LogP contribution in [0, 0.1) is 10.1 Å². The monoisotopic (exact) mass is 471 g/mol. The molecule has 5 rings (SSSR count). The fraction of sp³-hybridized carbons (Fsp3) is 0. The van der Waals surface area contributed by atoms with E-state index in [-0.39, 0.29) is 16.3 Å². The maximum atomic E-state index is 12.8. The number of hydrogen-bond acceptors (Lipinski definition) is 7. The highest BCUT2D eigenvalue weighted by Crippen LogP contribution is 2.26. The van der Waals surface area contributed by atoms with Crippen LogP contribution in [0.5, 0.6) is 0 Å². The molecular formula is C23H14ClN7O3. The molecule has 166 valence electrons. The Morgan fingerprint density at radius 1 is 0.971 bits per heavy atom. The standard InChI is InChI=1S/C23H14ClN7O3/c24-15-7-9-20(31(33)34)17(13-15)23(32)26-16-5-3-4-14(12-16)18-8-10-21-27-28-22(30(21)29-18)19-6-1-2-11-25-19/h1-13H,(H,26,32). The van der Waals surface area contributed by atoms with E-state index in [0.717, 1.165) is 0 Å². The Balaban J connectivity index is 1.48. The van der Waals surface area contributed by atoms with Crippen molar-refractivity contribution in [2.24, 2.45) is 0 Å². The normalized spacial score (nSPS) is 10.9. The molecule has 0 spiro atoms. The van der Waals surface area contributed by atoms with Crippen LogP contribution in [0.25, 0.3) is 28.4 Å². The number of carbonyl (C=O) groups is 1. The maximum Gasteiger partial charge on any atom is 0.282 e. The molecule has 1 amide bonds. The first-order valence-electron chi connectivity index (χ1n) is 9.99. The number of anilines is 1. The van der Waals surface area contributed by atoms with Crippen LogP contribution in [0.1, 0.15) is 10.4 Å². The predicted molar refractivity (Wildman–Crippen MR) is 126 cm³/mol. The first kappa shape index (κ1) is 21.2. The van der Waals surface area contributed by atoms with Gasteiger partial charge in [0.1, 0.15) is 11.3 Å². The summed E-state index contributed by atoms with van der Waals surface area (Å²) in [6, 6.07) is 19.8. The second-order valence-electron chi connectivity index (χ2n) is 7.18. The van der Waals surface area contributed by atoms with Crippen molar-refractivity contribution in [2.45, 2.75) is 0 Å². The third-order valence-electron chi connectivity index (χ3n) is 4.97. The highest BCUT2D eigenvalue weighted by atomic mass is 35.5. The summed E-state index contributed by atoms with van der Waals surface area (Å²) in [5, 5.41) is 27.2. The molecule has 0 unspecified atom stereocenters. The van der Waals surface area contributed by atoms with Gasteiger partial charge in [-0.15, -0.1) is 10.2 Å². The number of fused-ring (bicyclic) bond motifs is 1. The van der Waals surface area contributed by atoms with Gasteiger partial charge in [0.25, 0.3) is 11.6 Å². The maximum absolute atomic E-state index is 12.8. The number of aromatic nitrogens is 5. The van der Waals surface area contributed by atoms with E-state index < -0.39 is 10.8 Å². The lowest BCUT2D eigenvalue weighted by atomic mass is 10.1. The number of amides is 1. The second-order valence-corrected chi connectivity index (χ2v) is 7.62. The second kappa shape index (κ2) is 8.68. The number of rotatable bonds is 5. The van der Waals surface area contributed by atoms with Gasteiger partial charge in [-0.05, 0) is 48.5 Å². The van der Waals surface area contributed by atoms with E-state index in [0.29, 0.717) is 34.1 Å². The van der Waals surface area contributed by atoms with Crippen LogP contribution in [0.3, 0.4) is 0 Å². The Hall–Kier alpha value is -4.70. The number of nitro benzene ring substituents is 1. The van der Waals surface area contributed by atoms with Crippen LogP contribution >= 0.6 is 11.6 Å². The van der Waals surface area contributed by atoms with Crippen molar-refractivity contribution in [1.29, 1.82) is 0 Å². The largest absolute Gasteiger partial charge is 0.322 e. The lowest BCUT2D eigenvalue weighted by Gasteiger charge is -2.09. The minimum absolute atomic E-state index is 0.132. The van der Waals surface area contributed by atoms with Gasteiger partial charge in [0.05, 0.1) is 10.6 Å². The molecule has 0 fully saturated rings. The number of nitrogens with zero attached hydrogens (tertiary/aromatic N) is 6. The van der Waals surface area contributed by atoms with Gasteiger partial charge in [-0.1, -0.05) is 29.8 Å². The first-order valence-corrected chi connectivity index (χ1v) is 10.4. The number of pyridine rings is 1. The van der Waals surface area contributed by atoms with E-state index >= 15 is 0 Å². The summed E-state index contributed by atoms with van der Waals surface area (Å²) >= 11 is 5.94. The first-order chi connectivity index (χ1) is 16.5. The molecule has 3 heterocycles. The minimum atomic E-state index is -0.647. The average Bonchev–Trinajstić information content (AvgIpc) is 3.28. The molecule has 0 atom stereocenters. The molecule has 3 aromatic heterocycles. The highest BCUT2D eigenvalue weighted by molar-refractivity contribution is 6.31. The Bertz CT molecular complexity index is 1550. The molecule has 0 aliphatic heterocycles. The van der Waals surface area contributed by atoms with Crippen molar-refractivity contribution in [3.05, 3.63) is 99.7 Å². The lowest BCUT2D eigenvalue weighted by Crippen LogP contribution is -2.14. The Labute approximate surface area is 197 Å². The summed E-state index contributed by atoms with van der Waals surface area (Å²) in [4.78, 5) is 27.7. The summed E-state index contributed by atoms with van der Waals surface area (Å²) in [6.45, 7) is 0. The van der Waals surface area contributed by atoms with Crippen LogP contribution in [-0.2, 0) is 0 Å². The topological polar surface area (TPSA) is 128 Å². The number of nitro groups is 1. The summed E-state index contributed by atoms with van der Waals surface area (Å²) in [6.07, 6.45) is 1.66. The zero-order chi connectivity index (χ0) is 23.7. The van der Waals surface area contributed by atoms with Crippen LogP contribution in [0.2, 0.25) is 5.02 Å².